The van der Waals surface area contributed by atoms with Crippen LogP contribution in [0.5, 0.6) is 0 Å². The van der Waals surface area contributed by atoms with Crippen LogP contribution in [0.15, 0.2) is 0 Å². The first-order valence-electron chi connectivity index (χ1n) is 3.39. The molecule has 0 aliphatic carbocycles. The third-order valence-electron chi connectivity index (χ3n) is 1.33. The molecule has 3 atom stereocenters. The van der Waals surface area contributed by atoms with Gasteiger partial charge in [-0.05, 0) is 6.42 Å². The van der Waals surface area contributed by atoms with E-state index in [1.165, 1.54) is 0 Å². The van der Waals surface area contributed by atoms with Gasteiger partial charge in [0.25, 0.3) is 0 Å². The van der Waals surface area contributed by atoms with Crippen LogP contribution in [0.2, 0.25) is 0 Å². The van der Waals surface area contributed by atoms with Gasteiger partial charge in [0.15, 0.2) is 6.17 Å². The highest BCUT2D eigenvalue weighted by molar-refractivity contribution is 4.72. The third kappa shape index (κ3) is 4.22. The Kier molecular flexibility index (Phi) is 5.24. The fourth-order valence-electron chi connectivity index (χ4n) is 0.607. The predicted octanol–water partition coefficient (Wildman–Crippen LogP) is 2.58. The van der Waals surface area contributed by atoms with Gasteiger partial charge in [-0.3, -0.25) is 0 Å². The van der Waals surface area contributed by atoms with E-state index in [9.17, 15) is 17.6 Å². The summed E-state index contributed by atoms with van der Waals surface area (Å²) in [5, 5.41) is 0. The first kappa shape index (κ1) is 10.7. The monoisotopic (exact) mass is 171 g/mol. The molecule has 0 heterocycles. The van der Waals surface area contributed by atoms with Crippen molar-refractivity contribution in [3.63, 3.8) is 0 Å². The topological polar surface area (TPSA) is 0 Å². The molecule has 0 nitrogen and oxygen atoms in total. The zero-order chi connectivity index (χ0) is 8.85. The van der Waals surface area contributed by atoms with Gasteiger partial charge in [-0.25, -0.2) is 17.6 Å². The van der Waals surface area contributed by atoms with Gasteiger partial charge in [0.05, 0.1) is 0 Å². The molecule has 0 aliphatic heterocycles. The van der Waals surface area contributed by atoms with Crippen LogP contribution in [0.4, 0.5) is 17.6 Å². The van der Waals surface area contributed by atoms with Crippen LogP contribution in [-0.4, -0.2) is 25.2 Å². The summed E-state index contributed by atoms with van der Waals surface area (Å²) in [6, 6.07) is 0. The molecule has 2 unspecified atom stereocenters. The number of rotatable bonds is 5. The van der Waals surface area contributed by atoms with Crippen molar-refractivity contribution in [1.82, 2.24) is 0 Å². The molecular weight excluding hydrogens is 160 g/mol. The Morgan fingerprint density at radius 2 is 1.64 bits per heavy atom. The second-order valence-corrected chi connectivity index (χ2v) is 2.31. The van der Waals surface area contributed by atoms with Gasteiger partial charge in [0.1, 0.15) is 19.0 Å². The number of halogens is 4. The molecule has 0 aliphatic rings. The van der Waals surface area contributed by atoms with E-state index in [1.807, 2.05) is 0 Å². The van der Waals surface area contributed by atoms with Crippen molar-refractivity contribution in [2.75, 3.05) is 6.67 Å². The second-order valence-electron chi connectivity index (χ2n) is 2.31. The highest BCUT2D eigenvalue weighted by Crippen LogP contribution is 2.14. The minimum Gasteiger partial charge on any atom is -0.248 e. The van der Waals surface area contributed by atoms with Crippen molar-refractivity contribution in [3.8, 4) is 0 Å². The summed E-state index contributed by atoms with van der Waals surface area (Å²) in [7, 11) is 0. The summed E-state index contributed by atoms with van der Waals surface area (Å²) in [5.74, 6) is 0. The fraction of sp³-hybridized carbons (Fsp3) is 0.857. The largest absolute Gasteiger partial charge is 0.248 e. The van der Waals surface area contributed by atoms with Crippen molar-refractivity contribution >= 4 is 0 Å². The van der Waals surface area contributed by atoms with Crippen molar-refractivity contribution in [3.05, 3.63) is 6.92 Å². The normalized spacial score (nSPS) is 19.4. The Bertz CT molecular complexity index is 96.4. The lowest BCUT2D eigenvalue weighted by Gasteiger charge is -2.11. The van der Waals surface area contributed by atoms with Crippen LogP contribution >= 0.6 is 0 Å². The number of hydrogen-bond donors (Lipinski definition) is 0. The molecule has 11 heavy (non-hydrogen) atoms. The zero-order valence-electron chi connectivity index (χ0n) is 6.07. The van der Waals surface area contributed by atoms with Crippen LogP contribution in [0, 0.1) is 6.92 Å². The summed E-state index contributed by atoms with van der Waals surface area (Å²) in [5.41, 5.74) is 0. The summed E-state index contributed by atoms with van der Waals surface area (Å²) in [6.45, 7) is 1.77. The summed E-state index contributed by atoms with van der Waals surface area (Å²) in [4.78, 5) is 0. The Morgan fingerprint density at radius 3 is 2.00 bits per heavy atom. The van der Waals surface area contributed by atoms with Crippen molar-refractivity contribution in [2.45, 2.75) is 31.4 Å². The smallest absolute Gasteiger partial charge is 0.159 e. The molecule has 0 saturated carbocycles. The molecule has 0 aromatic carbocycles. The van der Waals surface area contributed by atoms with E-state index in [-0.39, 0.29) is 6.42 Å². The zero-order valence-corrected chi connectivity index (χ0v) is 6.07. The van der Waals surface area contributed by atoms with Crippen molar-refractivity contribution in [1.29, 1.82) is 0 Å². The lowest BCUT2D eigenvalue weighted by molar-refractivity contribution is 0.105. The van der Waals surface area contributed by atoms with Gasteiger partial charge in [0.2, 0.25) is 0 Å². The van der Waals surface area contributed by atoms with Crippen LogP contribution < -0.4 is 0 Å². The lowest BCUT2D eigenvalue weighted by atomic mass is 10.1. The number of hydrogen-bond acceptors (Lipinski definition) is 0. The van der Waals surface area contributed by atoms with Gasteiger partial charge in [-0.2, -0.15) is 0 Å². The Balaban J connectivity index is 3.58. The Labute approximate surface area is 63.6 Å². The van der Waals surface area contributed by atoms with E-state index in [0.717, 1.165) is 0 Å². The van der Waals surface area contributed by atoms with Crippen LogP contribution in [0.3, 0.4) is 0 Å². The molecule has 67 valence electrons. The standard InChI is InChI=1S/C7H11F4/c1-2-5(9)3-6(10)7(11)4-8/h5-7H,1-4H2/t5?,6?,7-/m0/s1. The second kappa shape index (κ2) is 5.38. The van der Waals surface area contributed by atoms with E-state index < -0.39 is 31.6 Å². The molecule has 0 aromatic rings. The maximum atomic E-state index is 12.4. The molecular formula is C7H11F4. The minimum atomic E-state index is -2.19. The first-order chi connectivity index (χ1) is 5.11. The van der Waals surface area contributed by atoms with Gasteiger partial charge in [-0.15, -0.1) is 0 Å². The van der Waals surface area contributed by atoms with E-state index in [4.69, 9.17) is 0 Å². The number of alkyl halides is 4. The highest BCUT2D eigenvalue weighted by atomic mass is 19.2. The maximum absolute atomic E-state index is 12.4. The third-order valence-corrected chi connectivity index (χ3v) is 1.33. The Hall–Kier alpha value is -0.280. The first-order valence-corrected chi connectivity index (χ1v) is 3.39. The van der Waals surface area contributed by atoms with Crippen molar-refractivity contribution in [2.24, 2.45) is 0 Å². The molecule has 0 bridgehead atoms. The predicted molar refractivity (Wildman–Crippen MR) is 35.3 cm³/mol. The highest BCUT2D eigenvalue weighted by Gasteiger charge is 2.23. The molecule has 0 rings (SSSR count). The fourth-order valence-corrected chi connectivity index (χ4v) is 0.607. The summed E-state index contributed by atoms with van der Waals surface area (Å²) < 4.78 is 48.2. The molecule has 0 aromatic heterocycles. The maximum Gasteiger partial charge on any atom is 0.159 e. The van der Waals surface area contributed by atoms with Gasteiger partial charge in [0, 0.05) is 6.42 Å². The van der Waals surface area contributed by atoms with Crippen LogP contribution in [0.25, 0.3) is 0 Å². The van der Waals surface area contributed by atoms with E-state index >= 15 is 0 Å². The molecule has 0 saturated heterocycles. The quantitative estimate of drug-likeness (QED) is 0.558. The molecule has 0 spiro atoms. The molecule has 0 amide bonds. The summed E-state index contributed by atoms with van der Waals surface area (Å²) >= 11 is 0. The van der Waals surface area contributed by atoms with Crippen molar-refractivity contribution < 1.29 is 17.6 Å². The van der Waals surface area contributed by atoms with Crippen LogP contribution in [-0.2, 0) is 0 Å². The summed E-state index contributed by atoms with van der Waals surface area (Å²) in [6.07, 6.45) is -6.43. The molecule has 0 fully saturated rings. The Morgan fingerprint density at radius 1 is 1.09 bits per heavy atom. The van der Waals surface area contributed by atoms with E-state index in [1.54, 1.807) is 0 Å². The van der Waals surface area contributed by atoms with Gasteiger partial charge in [-0.1, -0.05) is 6.92 Å². The van der Waals surface area contributed by atoms with Crippen LogP contribution in [0.1, 0.15) is 12.8 Å². The van der Waals surface area contributed by atoms with E-state index in [0.29, 0.717) is 0 Å². The van der Waals surface area contributed by atoms with E-state index in [2.05, 4.69) is 6.92 Å². The SMILES string of the molecule is [CH2]CC(F)CC(F)[C@@H](F)CF. The average Bonchev–Trinajstić information content (AvgIpc) is 2.02. The lowest BCUT2D eigenvalue weighted by Crippen LogP contribution is -2.22. The van der Waals surface area contributed by atoms with Gasteiger partial charge < -0.3 is 0 Å². The molecule has 1 radical (unpaired) electrons. The molecule has 4 heteroatoms. The average molecular weight is 171 g/mol. The molecule has 0 N–H and O–H groups in total. The minimum absolute atomic E-state index is 0.112. The van der Waals surface area contributed by atoms with Gasteiger partial charge >= 0.3 is 0 Å².